The number of carbonyl (C=O) groups is 3. The van der Waals surface area contributed by atoms with Crippen LogP contribution in [0.3, 0.4) is 0 Å². The molecule has 8 nitrogen and oxygen atoms in total. The number of pyridine rings is 1. The van der Waals surface area contributed by atoms with Gasteiger partial charge in [-0.15, -0.1) is 0 Å². The van der Waals surface area contributed by atoms with Gasteiger partial charge in [0.25, 0.3) is 0 Å². The van der Waals surface area contributed by atoms with Crippen molar-refractivity contribution >= 4 is 35.0 Å². The zero-order valence-electron chi connectivity index (χ0n) is 18.8. The number of carbonyl (C=O) groups excluding carboxylic acids is 2. The summed E-state index contributed by atoms with van der Waals surface area (Å²) in [6.45, 7) is 2.88. The predicted molar refractivity (Wildman–Crippen MR) is 118 cm³/mol. The Labute approximate surface area is 193 Å². The van der Waals surface area contributed by atoms with E-state index < -0.39 is 41.5 Å². The summed E-state index contributed by atoms with van der Waals surface area (Å²) in [7, 11) is 1.51. The summed E-state index contributed by atoms with van der Waals surface area (Å²) in [4.78, 5) is 46.4. The second kappa shape index (κ2) is 8.30. The van der Waals surface area contributed by atoms with Crippen molar-refractivity contribution in [1.29, 1.82) is 0 Å². The van der Waals surface area contributed by atoms with Gasteiger partial charge >= 0.3 is 12.1 Å². The van der Waals surface area contributed by atoms with Crippen LogP contribution in [-0.4, -0.2) is 54.1 Å². The van der Waals surface area contributed by atoms with Gasteiger partial charge in [0.2, 0.25) is 11.8 Å². The number of amides is 2. The molecule has 1 aromatic carbocycles. The summed E-state index contributed by atoms with van der Waals surface area (Å²) < 4.78 is 40.3. The van der Waals surface area contributed by atoms with Gasteiger partial charge in [0.1, 0.15) is 18.4 Å². The number of aryl methyl sites for hydroxylation is 2. The Balaban J connectivity index is 1.85. The maximum absolute atomic E-state index is 13.6. The number of fused-ring (bicyclic) bond motifs is 2. The van der Waals surface area contributed by atoms with Crippen LogP contribution in [0.2, 0.25) is 0 Å². The summed E-state index contributed by atoms with van der Waals surface area (Å²) >= 11 is 0. The number of aromatic nitrogens is 1. The molecule has 180 valence electrons. The third kappa shape index (κ3) is 4.06. The van der Waals surface area contributed by atoms with Crippen molar-refractivity contribution in [3.05, 3.63) is 47.2 Å². The number of hydrogen-bond donors (Lipinski definition) is 1. The van der Waals surface area contributed by atoms with Crippen LogP contribution >= 0.6 is 0 Å². The molecule has 0 bridgehead atoms. The molecule has 0 radical (unpaired) electrons. The minimum Gasteiger partial charge on any atom is -0.480 e. The molecule has 0 aliphatic carbocycles. The highest BCUT2D eigenvalue weighted by molar-refractivity contribution is 6.10. The number of anilines is 3. The third-order valence-corrected chi connectivity index (χ3v) is 6.20. The monoisotopic (exact) mass is 476 g/mol. The highest BCUT2D eigenvalue weighted by atomic mass is 19.4. The number of nitrogens with zero attached hydrogens (tertiary/aromatic N) is 4. The maximum Gasteiger partial charge on any atom is 0.416 e. The molecule has 1 N–H and O–H groups in total. The number of halogens is 3. The Kier molecular flexibility index (Phi) is 5.74. The largest absolute Gasteiger partial charge is 0.480 e. The number of carboxylic acid groups (broad SMARTS) is 1. The molecule has 2 amide bonds. The third-order valence-electron chi connectivity index (χ3n) is 6.20. The predicted octanol–water partition coefficient (Wildman–Crippen LogP) is 3.01. The molecule has 3 heterocycles. The van der Waals surface area contributed by atoms with Crippen LogP contribution in [0.1, 0.15) is 23.2 Å². The minimum atomic E-state index is -4.65. The molecule has 2 aliphatic rings. The number of likely N-dealkylation sites (N-methyl/N-ethyl adjacent to an activating group) is 1. The number of carboxylic acids is 1. The van der Waals surface area contributed by atoms with Crippen LogP contribution in [0.25, 0.3) is 0 Å². The second-order valence-electron chi connectivity index (χ2n) is 8.64. The number of aliphatic carboxylic acids is 1. The van der Waals surface area contributed by atoms with Gasteiger partial charge in [-0.25, -0.2) is 4.98 Å². The van der Waals surface area contributed by atoms with Gasteiger partial charge < -0.3 is 14.9 Å². The van der Waals surface area contributed by atoms with Crippen molar-refractivity contribution in [2.75, 3.05) is 34.8 Å². The molecule has 34 heavy (non-hydrogen) atoms. The fourth-order valence-corrected chi connectivity index (χ4v) is 4.81. The molecule has 0 spiro atoms. The summed E-state index contributed by atoms with van der Waals surface area (Å²) in [6, 6.07) is 5.71. The zero-order chi connectivity index (χ0) is 24.9. The van der Waals surface area contributed by atoms with Crippen LogP contribution in [-0.2, 0) is 20.6 Å². The van der Waals surface area contributed by atoms with E-state index in [1.165, 1.54) is 18.9 Å². The zero-order valence-corrected chi connectivity index (χ0v) is 18.8. The number of benzene rings is 1. The van der Waals surface area contributed by atoms with E-state index in [-0.39, 0.29) is 31.0 Å². The average molecular weight is 476 g/mol. The number of hydrogen-bond acceptors (Lipinski definition) is 5. The lowest BCUT2D eigenvalue weighted by Gasteiger charge is -2.39. The SMILES string of the molecule is Cc1cc(C(F)(F)F)cc(N2C(=O)C[C@@H]3CN(CC(=O)O)c4c(C)cccc4N(C)C(=O)[C@H]32)n1. The van der Waals surface area contributed by atoms with Crippen molar-refractivity contribution < 1.29 is 32.7 Å². The van der Waals surface area contributed by atoms with Crippen molar-refractivity contribution in [2.45, 2.75) is 32.5 Å². The normalized spacial score (nSPS) is 20.7. The van der Waals surface area contributed by atoms with E-state index >= 15 is 0 Å². The summed E-state index contributed by atoms with van der Waals surface area (Å²) in [6.07, 6.45) is -4.78. The van der Waals surface area contributed by atoms with Crippen LogP contribution in [0.15, 0.2) is 30.3 Å². The van der Waals surface area contributed by atoms with Crippen molar-refractivity contribution in [2.24, 2.45) is 5.92 Å². The Morgan fingerprint density at radius 3 is 2.56 bits per heavy atom. The lowest BCUT2D eigenvalue weighted by atomic mass is 9.95. The first-order valence-electron chi connectivity index (χ1n) is 10.6. The second-order valence-corrected chi connectivity index (χ2v) is 8.64. The molecule has 4 rings (SSSR count). The van der Waals surface area contributed by atoms with Crippen molar-refractivity contribution in [3.63, 3.8) is 0 Å². The summed E-state index contributed by atoms with van der Waals surface area (Å²) in [5.41, 5.74) is 0.871. The molecular formula is C23H23F3N4O4. The average Bonchev–Trinajstić information content (AvgIpc) is 3.05. The standard InChI is InChI=1S/C23H23F3N4O4/c1-12-5-4-6-16-20(12)29(11-19(32)33)10-14-8-18(31)30(21(14)22(34)28(16)3)17-9-15(23(24,25)26)7-13(2)27-17/h4-7,9,14,21H,8,10-11H2,1-3H3,(H,32,33)/t14-,21+/m1/s1. The molecule has 11 heteroatoms. The van der Waals surface area contributed by atoms with Gasteiger partial charge in [-0.2, -0.15) is 13.2 Å². The first-order chi connectivity index (χ1) is 15.9. The van der Waals surface area contributed by atoms with Gasteiger partial charge in [-0.1, -0.05) is 12.1 Å². The topological polar surface area (TPSA) is 94.0 Å². The Morgan fingerprint density at radius 1 is 1.21 bits per heavy atom. The fraction of sp³-hybridized carbons (Fsp3) is 0.391. The molecule has 1 fully saturated rings. The van der Waals surface area contributed by atoms with E-state index in [4.69, 9.17) is 0 Å². The Hall–Kier alpha value is -3.63. The smallest absolute Gasteiger partial charge is 0.416 e. The van der Waals surface area contributed by atoms with E-state index in [2.05, 4.69) is 4.98 Å². The molecule has 2 atom stereocenters. The fourth-order valence-electron chi connectivity index (χ4n) is 4.81. The minimum absolute atomic E-state index is 0.0567. The van der Waals surface area contributed by atoms with E-state index in [9.17, 15) is 32.7 Å². The quantitative estimate of drug-likeness (QED) is 0.732. The first-order valence-corrected chi connectivity index (χ1v) is 10.6. The van der Waals surface area contributed by atoms with Crippen LogP contribution in [0.4, 0.5) is 30.4 Å². The van der Waals surface area contributed by atoms with Crippen LogP contribution in [0.5, 0.6) is 0 Å². The summed E-state index contributed by atoms with van der Waals surface area (Å²) in [5.74, 6) is -3.00. The number of rotatable bonds is 3. The molecule has 0 unspecified atom stereocenters. The molecule has 0 saturated carbocycles. The van der Waals surface area contributed by atoms with E-state index in [1.54, 1.807) is 30.0 Å². The summed E-state index contributed by atoms with van der Waals surface area (Å²) in [5, 5.41) is 9.51. The molecular weight excluding hydrogens is 453 g/mol. The van der Waals surface area contributed by atoms with E-state index in [0.29, 0.717) is 11.4 Å². The molecule has 2 aromatic rings. The molecule has 1 aromatic heterocycles. The molecule has 2 aliphatic heterocycles. The van der Waals surface area contributed by atoms with E-state index in [1.807, 2.05) is 0 Å². The van der Waals surface area contributed by atoms with Gasteiger partial charge in [0.15, 0.2) is 0 Å². The van der Waals surface area contributed by atoms with Gasteiger partial charge in [-0.3, -0.25) is 19.3 Å². The van der Waals surface area contributed by atoms with Gasteiger partial charge in [-0.05, 0) is 37.6 Å². The highest BCUT2D eigenvalue weighted by Gasteiger charge is 2.49. The van der Waals surface area contributed by atoms with Gasteiger partial charge in [0.05, 0.1) is 16.9 Å². The van der Waals surface area contributed by atoms with Crippen LogP contribution < -0.4 is 14.7 Å². The van der Waals surface area contributed by atoms with Crippen LogP contribution in [0, 0.1) is 19.8 Å². The first kappa shape index (κ1) is 23.5. The lowest BCUT2D eigenvalue weighted by molar-refractivity contribution is -0.138. The lowest BCUT2D eigenvalue weighted by Crippen LogP contribution is -2.53. The Bertz CT molecular complexity index is 1180. The Morgan fingerprint density at radius 2 is 1.91 bits per heavy atom. The number of alkyl halides is 3. The van der Waals surface area contributed by atoms with Crippen molar-refractivity contribution in [1.82, 2.24) is 4.98 Å². The van der Waals surface area contributed by atoms with Gasteiger partial charge in [0, 0.05) is 31.6 Å². The van der Waals surface area contributed by atoms with E-state index in [0.717, 1.165) is 22.6 Å². The van der Waals surface area contributed by atoms with Crippen molar-refractivity contribution in [3.8, 4) is 0 Å². The number of para-hydroxylation sites is 1. The highest BCUT2D eigenvalue weighted by Crippen LogP contribution is 2.41. The maximum atomic E-state index is 13.6. The molecule has 1 saturated heterocycles.